The first kappa shape index (κ1) is 15.9. The minimum Gasteiger partial charge on any atom is -0.323 e. The SMILES string of the molecule is Cc1ccc(C#CC2CC2)nc1/C(C=NCc1ccccn1)=N/N. The lowest BCUT2D eigenvalue weighted by molar-refractivity contribution is 0.997. The Hall–Kier alpha value is -3.00. The van der Waals surface area contributed by atoms with Crippen molar-refractivity contribution >= 4 is 11.9 Å². The van der Waals surface area contributed by atoms with Gasteiger partial charge in [0.15, 0.2) is 0 Å². The first-order valence-corrected chi connectivity index (χ1v) is 7.93. The zero-order chi connectivity index (χ0) is 16.8. The van der Waals surface area contributed by atoms with Crippen LogP contribution in [-0.4, -0.2) is 21.9 Å². The van der Waals surface area contributed by atoms with Gasteiger partial charge in [-0.3, -0.25) is 9.98 Å². The summed E-state index contributed by atoms with van der Waals surface area (Å²) < 4.78 is 0. The third-order valence-corrected chi connectivity index (χ3v) is 3.65. The number of hydrogen-bond acceptors (Lipinski definition) is 5. The number of aliphatic imine (C=N–C) groups is 1. The van der Waals surface area contributed by atoms with Crippen LogP contribution < -0.4 is 5.84 Å². The first-order valence-electron chi connectivity index (χ1n) is 7.93. The Morgan fingerprint density at radius 2 is 2.21 bits per heavy atom. The highest BCUT2D eigenvalue weighted by Crippen LogP contribution is 2.27. The Bertz CT molecular complexity index is 824. The fourth-order valence-corrected chi connectivity index (χ4v) is 2.13. The molecule has 2 N–H and O–H groups in total. The van der Waals surface area contributed by atoms with Gasteiger partial charge in [0.05, 0.1) is 24.1 Å². The van der Waals surface area contributed by atoms with Crippen molar-refractivity contribution in [2.75, 3.05) is 0 Å². The predicted molar refractivity (Wildman–Crippen MR) is 95.7 cm³/mol. The van der Waals surface area contributed by atoms with E-state index >= 15 is 0 Å². The summed E-state index contributed by atoms with van der Waals surface area (Å²) >= 11 is 0. The van der Waals surface area contributed by atoms with Crippen LogP contribution in [0.15, 0.2) is 46.6 Å². The average molecular weight is 317 g/mol. The van der Waals surface area contributed by atoms with Crippen LogP contribution in [0.4, 0.5) is 0 Å². The van der Waals surface area contributed by atoms with Gasteiger partial charge in [0.1, 0.15) is 11.4 Å². The average Bonchev–Trinajstić information content (AvgIpc) is 3.44. The maximum Gasteiger partial charge on any atom is 0.126 e. The second-order valence-electron chi connectivity index (χ2n) is 5.71. The van der Waals surface area contributed by atoms with Gasteiger partial charge < -0.3 is 5.84 Å². The highest BCUT2D eigenvalue weighted by Gasteiger charge is 2.17. The van der Waals surface area contributed by atoms with Crippen molar-refractivity contribution in [3.8, 4) is 11.8 Å². The quantitative estimate of drug-likeness (QED) is 0.407. The van der Waals surface area contributed by atoms with Crippen LogP contribution in [0, 0.1) is 24.7 Å². The topological polar surface area (TPSA) is 76.5 Å². The van der Waals surface area contributed by atoms with Crippen molar-refractivity contribution < 1.29 is 0 Å². The minimum absolute atomic E-state index is 0.472. The molecule has 5 heteroatoms. The Balaban J connectivity index is 1.77. The summed E-state index contributed by atoms with van der Waals surface area (Å²) in [6, 6.07) is 9.64. The van der Waals surface area contributed by atoms with Gasteiger partial charge in [-0.25, -0.2) is 4.98 Å². The van der Waals surface area contributed by atoms with Crippen LogP contribution in [0.3, 0.4) is 0 Å². The van der Waals surface area contributed by atoms with Crippen molar-refractivity contribution in [3.05, 3.63) is 59.2 Å². The van der Waals surface area contributed by atoms with Gasteiger partial charge in [-0.1, -0.05) is 18.1 Å². The number of hydrogen-bond donors (Lipinski definition) is 1. The van der Waals surface area contributed by atoms with E-state index in [0.29, 0.717) is 23.9 Å². The molecule has 1 fully saturated rings. The lowest BCUT2D eigenvalue weighted by Crippen LogP contribution is -2.11. The Morgan fingerprint density at radius 1 is 1.33 bits per heavy atom. The van der Waals surface area contributed by atoms with Gasteiger partial charge in [-0.05, 0) is 49.4 Å². The monoisotopic (exact) mass is 317 g/mol. The molecule has 1 aliphatic carbocycles. The Kier molecular flexibility index (Phi) is 4.97. The highest BCUT2D eigenvalue weighted by molar-refractivity contribution is 6.37. The zero-order valence-corrected chi connectivity index (χ0v) is 13.6. The lowest BCUT2D eigenvalue weighted by Gasteiger charge is -2.04. The number of nitrogens with two attached hydrogens (primary N) is 1. The number of aromatic nitrogens is 2. The van der Waals surface area contributed by atoms with Crippen molar-refractivity contribution in [3.63, 3.8) is 0 Å². The summed E-state index contributed by atoms with van der Waals surface area (Å²) in [4.78, 5) is 13.2. The molecule has 120 valence electrons. The standard InChI is InChI=1S/C19H19N5/c1-14-5-9-16(10-8-15-6-7-15)23-19(14)18(24-20)13-21-12-17-4-2-3-11-22-17/h2-5,9,11,13,15H,6-7,12,20H2,1H3/b21-13?,24-18+. The van der Waals surface area contributed by atoms with Gasteiger partial charge in [0.2, 0.25) is 0 Å². The molecular formula is C19H19N5. The molecule has 2 aromatic heterocycles. The molecule has 0 spiro atoms. The van der Waals surface area contributed by atoms with Gasteiger partial charge >= 0.3 is 0 Å². The molecule has 24 heavy (non-hydrogen) atoms. The molecule has 0 saturated heterocycles. The molecule has 0 radical (unpaired) electrons. The fourth-order valence-electron chi connectivity index (χ4n) is 2.13. The van der Waals surface area contributed by atoms with Crippen molar-refractivity contribution in [2.45, 2.75) is 26.3 Å². The van der Waals surface area contributed by atoms with Crippen LogP contribution in [0.2, 0.25) is 0 Å². The van der Waals surface area contributed by atoms with E-state index in [1.165, 1.54) is 12.8 Å². The third kappa shape index (κ3) is 4.26. The second-order valence-corrected chi connectivity index (χ2v) is 5.71. The largest absolute Gasteiger partial charge is 0.323 e. The van der Waals surface area contributed by atoms with Gasteiger partial charge in [-0.2, -0.15) is 5.10 Å². The van der Waals surface area contributed by atoms with Crippen LogP contribution in [-0.2, 0) is 6.54 Å². The molecule has 5 nitrogen and oxygen atoms in total. The van der Waals surface area contributed by atoms with Crippen molar-refractivity contribution in [2.24, 2.45) is 21.9 Å². The van der Waals surface area contributed by atoms with Crippen molar-refractivity contribution in [1.82, 2.24) is 9.97 Å². The molecule has 0 amide bonds. The van der Waals surface area contributed by atoms with E-state index in [-0.39, 0.29) is 0 Å². The minimum atomic E-state index is 0.472. The van der Waals surface area contributed by atoms with E-state index in [1.54, 1.807) is 12.4 Å². The molecule has 0 atom stereocenters. The fraction of sp³-hybridized carbons (Fsp3) is 0.263. The molecule has 2 heterocycles. The number of hydrazone groups is 1. The summed E-state index contributed by atoms with van der Waals surface area (Å²) in [5.74, 6) is 12.4. The Labute approximate surface area is 141 Å². The molecule has 3 rings (SSSR count). The molecular weight excluding hydrogens is 298 g/mol. The molecule has 1 aliphatic rings. The van der Waals surface area contributed by atoms with Crippen LogP contribution in [0.5, 0.6) is 0 Å². The van der Waals surface area contributed by atoms with Gasteiger partial charge in [0, 0.05) is 12.1 Å². The van der Waals surface area contributed by atoms with E-state index in [1.807, 2.05) is 37.3 Å². The number of pyridine rings is 2. The smallest absolute Gasteiger partial charge is 0.126 e. The molecule has 1 saturated carbocycles. The zero-order valence-electron chi connectivity index (χ0n) is 13.6. The number of aryl methyl sites for hydroxylation is 1. The summed E-state index contributed by atoms with van der Waals surface area (Å²) in [7, 11) is 0. The van der Waals surface area contributed by atoms with Gasteiger partial charge in [0.25, 0.3) is 0 Å². The van der Waals surface area contributed by atoms with Crippen molar-refractivity contribution in [1.29, 1.82) is 0 Å². The van der Waals surface area contributed by atoms with E-state index < -0.39 is 0 Å². The van der Waals surface area contributed by atoms with E-state index in [4.69, 9.17) is 5.84 Å². The second kappa shape index (κ2) is 7.51. The maximum atomic E-state index is 5.54. The number of nitrogens with zero attached hydrogens (tertiary/aromatic N) is 4. The normalized spacial score (nSPS) is 14.5. The Morgan fingerprint density at radius 3 is 2.92 bits per heavy atom. The van der Waals surface area contributed by atoms with E-state index in [0.717, 1.165) is 17.0 Å². The molecule has 0 bridgehead atoms. The first-order chi connectivity index (χ1) is 11.8. The number of rotatable bonds is 4. The molecule has 0 aliphatic heterocycles. The summed E-state index contributed by atoms with van der Waals surface area (Å²) in [6.07, 6.45) is 5.78. The van der Waals surface area contributed by atoms with Crippen LogP contribution in [0.1, 0.15) is 35.5 Å². The molecule has 0 unspecified atom stereocenters. The van der Waals surface area contributed by atoms with E-state index in [9.17, 15) is 0 Å². The van der Waals surface area contributed by atoms with Gasteiger partial charge in [-0.15, -0.1) is 0 Å². The molecule has 0 aromatic carbocycles. The predicted octanol–water partition coefficient (Wildman–Crippen LogP) is 2.48. The summed E-state index contributed by atoms with van der Waals surface area (Å²) in [6.45, 7) is 2.44. The summed E-state index contributed by atoms with van der Waals surface area (Å²) in [5, 5.41) is 3.84. The lowest BCUT2D eigenvalue weighted by atomic mass is 10.1. The van der Waals surface area contributed by atoms with Crippen LogP contribution in [0.25, 0.3) is 0 Å². The van der Waals surface area contributed by atoms with Crippen LogP contribution >= 0.6 is 0 Å². The summed E-state index contributed by atoms with van der Waals surface area (Å²) in [5.41, 5.74) is 3.87. The van der Waals surface area contributed by atoms with E-state index in [2.05, 4.69) is 31.9 Å². The molecule has 2 aromatic rings. The maximum absolute atomic E-state index is 5.54. The third-order valence-electron chi connectivity index (χ3n) is 3.65. The highest BCUT2D eigenvalue weighted by atomic mass is 15.1.